The van der Waals surface area contributed by atoms with Gasteiger partial charge in [-0.2, -0.15) is 0 Å². The number of carbonyl (C=O) groups is 4. The first kappa shape index (κ1) is 47.1. The lowest BCUT2D eigenvalue weighted by molar-refractivity contribution is -0.299. The molecular formula is C40H61BrN4O13S. The van der Waals surface area contributed by atoms with Crippen molar-refractivity contribution in [2.24, 2.45) is 23.7 Å². The zero-order valence-corrected chi connectivity index (χ0v) is 37.8. The molecule has 0 radical (unpaired) electrons. The molecule has 0 spiro atoms. The van der Waals surface area contributed by atoms with Gasteiger partial charge >= 0.3 is 18.2 Å². The van der Waals surface area contributed by atoms with E-state index in [0.717, 1.165) is 0 Å². The molecule has 4 aliphatic heterocycles. The molecule has 4 N–H and O–H groups in total. The quantitative estimate of drug-likeness (QED) is 0.228. The molecule has 2 bridgehead atoms. The first-order chi connectivity index (χ1) is 27.5. The van der Waals surface area contributed by atoms with E-state index in [1.165, 1.54) is 12.1 Å². The highest BCUT2D eigenvalue weighted by molar-refractivity contribution is 9.10. The number of esters is 1. The number of hydrogen-bond acceptors (Lipinski definition) is 14. The van der Waals surface area contributed by atoms with E-state index in [1.807, 2.05) is 25.9 Å². The number of Topliss-reactive ketones (excluding diaryl/α,β-unsaturated/α-hetero) is 1. The van der Waals surface area contributed by atoms with Gasteiger partial charge in [0.25, 0.3) is 0 Å². The normalized spacial score (nSPS) is 40.4. The molecule has 2 amide bonds. The highest BCUT2D eigenvalue weighted by atomic mass is 79.9. The van der Waals surface area contributed by atoms with E-state index >= 15 is 0 Å². The molecule has 4 saturated heterocycles. The second-order valence-corrected chi connectivity index (χ2v) is 19.9. The lowest BCUT2D eigenvalue weighted by Crippen LogP contribution is -2.61. The summed E-state index contributed by atoms with van der Waals surface area (Å²) in [6.07, 6.45) is -7.20. The molecule has 4 aliphatic rings. The highest BCUT2D eigenvalue weighted by Gasteiger charge is 2.58. The Labute approximate surface area is 355 Å². The van der Waals surface area contributed by atoms with E-state index in [9.17, 15) is 32.7 Å². The number of sulfonamides is 1. The van der Waals surface area contributed by atoms with E-state index in [2.05, 4.69) is 31.3 Å². The van der Waals surface area contributed by atoms with Gasteiger partial charge in [-0.1, -0.05) is 49.7 Å². The first-order valence-electron chi connectivity index (χ1n) is 20.3. The average Bonchev–Trinajstić information content (AvgIpc) is 3.47. The van der Waals surface area contributed by atoms with Crippen molar-refractivity contribution in [1.29, 1.82) is 0 Å². The van der Waals surface area contributed by atoms with Crippen LogP contribution >= 0.6 is 15.9 Å². The summed E-state index contributed by atoms with van der Waals surface area (Å²) in [5.74, 6) is -4.68. The number of rotatable bonds is 7. The number of hydrogen-bond donors (Lipinski definition) is 4. The number of halogens is 1. The molecule has 0 aliphatic carbocycles. The Kier molecular flexibility index (Phi) is 14.9. The number of benzene rings is 1. The van der Waals surface area contributed by atoms with Crippen LogP contribution in [0.15, 0.2) is 33.6 Å². The van der Waals surface area contributed by atoms with Crippen molar-refractivity contribution >= 4 is 49.9 Å². The molecule has 0 saturated carbocycles. The number of carbonyl (C=O) groups excluding carboxylic acids is 4. The predicted molar refractivity (Wildman–Crippen MR) is 216 cm³/mol. The number of amides is 2. The molecule has 4 fully saturated rings. The van der Waals surface area contributed by atoms with Crippen LogP contribution in [-0.2, 0) is 48.0 Å². The van der Waals surface area contributed by atoms with Gasteiger partial charge in [0, 0.05) is 34.8 Å². The Morgan fingerprint density at radius 2 is 1.73 bits per heavy atom. The van der Waals surface area contributed by atoms with Crippen molar-refractivity contribution in [3.05, 3.63) is 28.7 Å². The minimum Gasteiger partial charge on any atom is -0.458 e. The minimum absolute atomic E-state index is 0.0409. The fraction of sp³-hybridized carbons (Fsp3) is 0.750. The van der Waals surface area contributed by atoms with Gasteiger partial charge in [0.05, 0.1) is 41.7 Å². The third kappa shape index (κ3) is 10.2. The molecule has 4 heterocycles. The van der Waals surface area contributed by atoms with Gasteiger partial charge < -0.3 is 49.1 Å². The molecule has 15 atom stereocenters. The fourth-order valence-corrected chi connectivity index (χ4v) is 11.1. The summed E-state index contributed by atoms with van der Waals surface area (Å²) < 4.78 is 68.4. The highest BCUT2D eigenvalue weighted by Crippen LogP contribution is 2.42. The van der Waals surface area contributed by atoms with E-state index in [1.54, 1.807) is 60.6 Å². The third-order valence-electron chi connectivity index (χ3n) is 12.4. The van der Waals surface area contributed by atoms with Crippen molar-refractivity contribution < 1.29 is 61.1 Å². The van der Waals surface area contributed by atoms with Crippen LogP contribution in [0.3, 0.4) is 0 Å². The van der Waals surface area contributed by atoms with E-state index in [0.29, 0.717) is 10.9 Å². The van der Waals surface area contributed by atoms with Gasteiger partial charge in [0.15, 0.2) is 11.9 Å². The fourth-order valence-electron chi connectivity index (χ4n) is 9.26. The molecule has 0 aromatic heterocycles. The molecular weight excluding hydrogens is 856 g/mol. The molecule has 1 unspecified atom stereocenters. The molecule has 19 heteroatoms. The number of fused-ring (bicyclic) bond motifs is 4. The van der Waals surface area contributed by atoms with E-state index in [4.69, 9.17) is 28.4 Å². The number of cyclic esters (lactones) is 1. The lowest BCUT2D eigenvalue weighted by Gasteiger charge is -2.48. The molecule has 5 rings (SSSR count). The number of ether oxygens (including phenoxy) is 6. The van der Waals surface area contributed by atoms with Crippen molar-refractivity contribution in [1.82, 2.24) is 20.3 Å². The topological polar surface area (TPSA) is 217 Å². The number of likely N-dealkylation sites (N-methyl/N-ethyl adjacent to an activating group) is 1. The largest absolute Gasteiger partial charge is 0.458 e. The van der Waals surface area contributed by atoms with E-state index < -0.39 is 106 Å². The summed E-state index contributed by atoms with van der Waals surface area (Å²) in [4.78, 5) is 57.5. The van der Waals surface area contributed by atoms with Crippen molar-refractivity contribution in [2.45, 2.75) is 146 Å². The Morgan fingerprint density at radius 1 is 1.03 bits per heavy atom. The van der Waals surface area contributed by atoms with Crippen LogP contribution in [0, 0.1) is 23.7 Å². The average molecular weight is 918 g/mol. The molecule has 332 valence electrons. The maximum atomic E-state index is 14.5. The van der Waals surface area contributed by atoms with Gasteiger partial charge in [0.2, 0.25) is 10.0 Å². The van der Waals surface area contributed by atoms with Crippen LogP contribution < -0.4 is 15.4 Å². The zero-order valence-electron chi connectivity index (χ0n) is 35.4. The Balaban J connectivity index is 1.65. The van der Waals surface area contributed by atoms with Gasteiger partial charge in [-0.3, -0.25) is 9.59 Å². The summed E-state index contributed by atoms with van der Waals surface area (Å²) in [5.41, 5.74) is -3.13. The SMILES string of the molecule is CC[C@H]1OC(=O)[C@H](C)[C@H]2OCC(NS(=O)(=O)c3cccc(Br)c3)CNC(=O)O[C@](C)(C[C@@H](C)C(=O)[C@H](C)[C@@H]3NC(=O)O[C@]13C)[C@H](O[C@@H]1O[C@H](C)C[C@H](N(C)C)[C@H]1O)[C@H]2C. The van der Waals surface area contributed by atoms with Gasteiger partial charge in [-0.05, 0) is 79.3 Å². The molecule has 1 aromatic rings. The smallest absolute Gasteiger partial charge is 0.408 e. The van der Waals surface area contributed by atoms with Crippen LogP contribution in [0.2, 0.25) is 0 Å². The van der Waals surface area contributed by atoms with Gasteiger partial charge in [0.1, 0.15) is 29.7 Å². The number of ketones is 1. The zero-order chi connectivity index (χ0) is 43.8. The number of nitrogens with zero attached hydrogens (tertiary/aromatic N) is 1. The molecule has 17 nitrogen and oxygen atoms in total. The third-order valence-corrected chi connectivity index (χ3v) is 14.4. The number of aliphatic hydroxyl groups is 1. The lowest BCUT2D eigenvalue weighted by atomic mass is 9.73. The maximum Gasteiger partial charge on any atom is 0.408 e. The molecule has 1 aromatic carbocycles. The van der Waals surface area contributed by atoms with Crippen molar-refractivity contribution in [3.8, 4) is 0 Å². The Hall–Kier alpha value is -2.91. The number of alkyl carbamates (subject to hydrolysis) is 2. The second-order valence-electron chi connectivity index (χ2n) is 17.3. The van der Waals surface area contributed by atoms with Crippen molar-refractivity contribution in [2.75, 3.05) is 27.2 Å². The second kappa shape index (κ2) is 18.6. The summed E-state index contributed by atoms with van der Waals surface area (Å²) in [7, 11) is -0.504. The Morgan fingerprint density at radius 3 is 2.37 bits per heavy atom. The molecule has 59 heavy (non-hydrogen) atoms. The maximum absolute atomic E-state index is 14.5. The van der Waals surface area contributed by atoms with Crippen LogP contribution in [0.4, 0.5) is 9.59 Å². The first-order valence-corrected chi connectivity index (χ1v) is 22.5. The number of aliphatic hydroxyl groups excluding tert-OH is 1. The predicted octanol–water partition coefficient (Wildman–Crippen LogP) is 3.50. The summed E-state index contributed by atoms with van der Waals surface area (Å²) >= 11 is 3.31. The summed E-state index contributed by atoms with van der Waals surface area (Å²) in [6.45, 7) is 12.9. The van der Waals surface area contributed by atoms with Gasteiger partial charge in [-0.15, -0.1) is 0 Å². The Bertz CT molecular complexity index is 1820. The van der Waals surface area contributed by atoms with E-state index in [-0.39, 0.29) is 48.8 Å². The summed E-state index contributed by atoms with van der Waals surface area (Å²) in [5, 5.41) is 17.1. The van der Waals surface area contributed by atoms with Crippen LogP contribution in [0.5, 0.6) is 0 Å². The standard InChI is InChI=1S/C40H61BrN4O13S/c1-11-29-40(8)33(43-38(50)58-40)22(4)30(46)20(2)17-39(7)34(56-36-31(47)28(45(9)10)15-21(3)54-36)23(5)32(24(6)35(48)55-29)53-19-26(18-42-37(49)57-39)44-59(51,52)27-14-12-13-25(41)16-27/h12-14,16,20-24,26,28-29,31-34,36,44,47H,11,15,17-19H2,1-10H3,(H,42,49)(H,43,50)/t20-,21-,22+,23+,24-,26?,28+,29-,31-,32+,33+,34-,36+,39-,40-/m1/s1. The van der Waals surface area contributed by atoms with Crippen LogP contribution in [0.25, 0.3) is 0 Å². The minimum atomic E-state index is -4.17. The number of nitrogens with one attached hydrogen (secondary N) is 3. The summed E-state index contributed by atoms with van der Waals surface area (Å²) in [6, 6.07) is 3.75. The van der Waals surface area contributed by atoms with Crippen LogP contribution in [-0.4, -0.2) is 136 Å². The van der Waals surface area contributed by atoms with Crippen LogP contribution in [0.1, 0.15) is 74.7 Å². The van der Waals surface area contributed by atoms with Crippen molar-refractivity contribution in [3.63, 3.8) is 0 Å². The monoisotopic (exact) mass is 916 g/mol. The van der Waals surface area contributed by atoms with Gasteiger partial charge in [-0.25, -0.2) is 22.7 Å².